The maximum Gasteiger partial charge on any atom is 0.411 e. The van der Waals surface area contributed by atoms with Gasteiger partial charge in [-0.25, -0.2) is 9.78 Å². The van der Waals surface area contributed by atoms with Crippen molar-refractivity contribution in [1.29, 1.82) is 5.26 Å². The van der Waals surface area contributed by atoms with E-state index in [2.05, 4.69) is 47.5 Å². The van der Waals surface area contributed by atoms with Crippen molar-refractivity contribution in [2.45, 2.75) is 38.6 Å². The number of nitrogens with one attached hydrogen (secondary N) is 4. The van der Waals surface area contributed by atoms with E-state index in [0.717, 1.165) is 47.3 Å². The molecule has 0 unspecified atom stereocenters. The number of hydrogen-bond donors (Lipinski definition) is 4. The number of hydrogen-bond acceptors (Lipinski definition) is 9. The first-order valence-electron chi connectivity index (χ1n) is 13.5. The van der Waals surface area contributed by atoms with Crippen molar-refractivity contribution >= 4 is 29.5 Å². The molecule has 0 saturated carbocycles. The van der Waals surface area contributed by atoms with E-state index in [0.29, 0.717) is 30.2 Å². The monoisotopic (exact) mass is 566 g/mol. The predicted molar refractivity (Wildman–Crippen MR) is 156 cm³/mol. The van der Waals surface area contributed by atoms with Gasteiger partial charge in [-0.1, -0.05) is 24.5 Å². The average molecular weight is 567 g/mol. The number of fused-ring (bicyclic) bond motifs is 4. The molecule has 4 N–H and O–H groups in total. The lowest BCUT2D eigenvalue weighted by Crippen LogP contribution is -2.28. The quantitative estimate of drug-likeness (QED) is 0.257. The highest BCUT2D eigenvalue weighted by molar-refractivity contribution is 5.92. The molecule has 0 aliphatic carbocycles. The Morgan fingerprint density at radius 2 is 2.07 bits per heavy atom. The molecule has 2 amide bonds. The molecular weight excluding hydrogens is 536 g/mol. The van der Waals surface area contributed by atoms with Gasteiger partial charge in [0.1, 0.15) is 18.2 Å². The average Bonchev–Trinajstić information content (AvgIpc) is 3.67. The second-order valence-electron chi connectivity index (χ2n) is 9.82. The van der Waals surface area contributed by atoms with Gasteiger partial charge in [0.15, 0.2) is 5.69 Å². The molecule has 2 aromatic carbocycles. The van der Waals surface area contributed by atoms with Crippen LogP contribution in [0.3, 0.4) is 0 Å². The Kier molecular flexibility index (Phi) is 8.53. The van der Waals surface area contributed by atoms with Gasteiger partial charge in [0, 0.05) is 35.1 Å². The number of nitrogens with zero attached hydrogens (tertiary/aromatic N) is 6. The molecule has 1 atom stereocenters. The first kappa shape index (κ1) is 28.0. The van der Waals surface area contributed by atoms with Crippen LogP contribution in [0.1, 0.15) is 54.4 Å². The number of aromatic nitrogens is 6. The summed E-state index contributed by atoms with van der Waals surface area (Å²) in [5, 5.41) is 30.4. The van der Waals surface area contributed by atoms with Crippen LogP contribution in [-0.2, 0) is 9.53 Å². The molecule has 5 rings (SSSR count). The van der Waals surface area contributed by atoms with Crippen molar-refractivity contribution in [3.8, 4) is 23.0 Å². The lowest BCUT2D eigenvalue weighted by Gasteiger charge is -2.18. The van der Waals surface area contributed by atoms with Gasteiger partial charge in [0.2, 0.25) is 5.91 Å². The summed E-state index contributed by atoms with van der Waals surface area (Å²) < 4.78 is 6.25. The Balaban J connectivity index is 1.42. The molecule has 214 valence electrons. The molecule has 0 spiro atoms. The van der Waals surface area contributed by atoms with Gasteiger partial charge in [-0.05, 0) is 66.6 Å². The van der Waals surface area contributed by atoms with E-state index in [1.807, 2.05) is 25.1 Å². The molecule has 2 bridgehead atoms. The third-order valence-corrected chi connectivity index (χ3v) is 6.87. The topological polar surface area (TPSA) is 176 Å². The first-order valence-corrected chi connectivity index (χ1v) is 13.5. The molecule has 4 aromatic rings. The first-order chi connectivity index (χ1) is 20.4. The summed E-state index contributed by atoms with van der Waals surface area (Å²) in [4.78, 5) is 32.8. The zero-order chi connectivity index (χ0) is 29.5. The van der Waals surface area contributed by atoms with Crippen molar-refractivity contribution in [3.63, 3.8) is 0 Å². The molecule has 0 radical (unpaired) electrons. The van der Waals surface area contributed by atoms with Crippen LogP contribution in [0.15, 0.2) is 48.8 Å². The standard InChI is InChI=1S/C29H30N10O3/c1-18-7-11-25(39-17-32-37-38-39)19(14-18)8-12-26(40)34-22-6-4-3-5-13-31-23-15-20(33-29(41)42-2)9-10-21(23)27-24(16-30)35-28(22)36-27/h7-12,14-15,17,22,31H,3-6,13H2,1-2H3,(H,33,41)(H,34,40)(H,35,36)/b12-8+/t22-/m0/s1. The number of anilines is 2. The number of H-pyrrole nitrogens is 1. The van der Waals surface area contributed by atoms with E-state index in [-0.39, 0.29) is 11.6 Å². The number of carbonyl (C=O) groups excluding carboxylic acids is 2. The summed E-state index contributed by atoms with van der Waals surface area (Å²) >= 11 is 0. The third kappa shape index (κ3) is 6.44. The van der Waals surface area contributed by atoms with E-state index in [9.17, 15) is 14.9 Å². The molecule has 42 heavy (non-hydrogen) atoms. The second kappa shape index (κ2) is 12.8. The Bertz CT molecular complexity index is 1650. The number of imidazole rings is 1. The van der Waals surface area contributed by atoms with E-state index >= 15 is 0 Å². The number of benzene rings is 2. The number of aryl methyl sites for hydroxylation is 1. The molecule has 3 heterocycles. The second-order valence-corrected chi connectivity index (χ2v) is 9.82. The zero-order valence-electron chi connectivity index (χ0n) is 23.2. The summed E-state index contributed by atoms with van der Waals surface area (Å²) in [5.74, 6) is 0.199. The Labute approximate surface area is 242 Å². The van der Waals surface area contributed by atoms with Gasteiger partial charge in [-0.3, -0.25) is 10.1 Å². The fourth-order valence-corrected chi connectivity index (χ4v) is 4.81. The normalized spacial score (nSPS) is 14.9. The summed E-state index contributed by atoms with van der Waals surface area (Å²) in [6, 6.07) is 12.9. The van der Waals surface area contributed by atoms with Crippen LogP contribution in [0.4, 0.5) is 16.2 Å². The van der Waals surface area contributed by atoms with Gasteiger partial charge < -0.3 is 20.4 Å². The van der Waals surface area contributed by atoms with Gasteiger partial charge in [0.25, 0.3) is 0 Å². The number of tetrazole rings is 1. The summed E-state index contributed by atoms with van der Waals surface area (Å²) in [6.07, 6.45) is 7.42. The minimum atomic E-state index is -0.577. The number of methoxy groups -OCH3 is 1. The fraction of sp³-hybridized carbons (Fsp3) is 0.276. The lowest BCUT2D eigenvalue weighted by molar-refractivity contribution is -0.117. The minimum Gasteiger partial charge on any atom is -0.453 e. The third-order valence-electron chi connectivity index (χ3n) is 6.87. The van der Waals surface area contributed by atoms with Crippen LogP contribution >= 0.6 is 0 Å². The van der Waals surface area contributed by atoms with Crippen LogP contribution in [0, 0.1) is 18.3 Å². The maximum absolute atomic E-state index is 13.2. The maximum atomic E-state index is 13.2. The SMILES string of the molecule is COC(=O)Nc1ccc2c(c1)NCCCCC[C@H](NC(=O)/C=C/c1cc(C)ccc1-n1cnnn1)c1nc(C#N)c-2[nH]1. The largest absolute Gasteiger partial charge is 0.453 e. The van der Waals surface area contributed by atoms with E-state index in [1.54, 1.807) is 29.0 Å². The highest BCUT2D eigenvalue weighted by Crippen LogP contribution is 2.34. The Morgan fingerprint density at radius 3 is 2.86 bits per heavy atom. The Morgan fingerprint density at radius 1 is 1.19 bits per heavy atom. The highest BCUT2D eigenvalue weighted by Gasteiger charge is 2.23. The van der Waals surface area contributed by atoms with Gasteiger partial charge in [-0.2, -0.15) is 9.94 Å². The lowest BCUT2D eigenvalue weighted by atomic mass is 10.0. The number of carbonyl (C=O) groups is 2. The molecular formula is C29H30N10O3. The number of amides is 2. The number of rotatable bonds is 5. The number of aromatic amines is 1. The molecule has 13 nitrogen and oxygen atoms in total. The highest BCUT2D eigenvalue weighted by atomic mass is 16.5. The van der Waals surface area contributed by atoms with Crippen molar-refractivity contribution in [2.24, 2.45) is 0 Å². The van der Waals surface area contributed by atoms with Crippen molar-refractivity contribution in [3.05, 3.63) is 71.4 Å². The summed E-state index contributed by atoms with van der Waals surface area (Å²) in [6.45, 7) is 2.66. The summed E-state index contributed by atoms with van der Waals surface area (Å²) in [7, 11) is 1.30. The zero-order valence-corrected chi connectivity index (χ0v) is 23.2. The van der Waals surface area contributed by atoms with E-state index < -0.39 is 12.1 Å². The van der Waals surface area contributed by atoms with E-state index in [1.165, 1.54) is 19.5 Å². The molecule has 1 aliphatic rings. The molecule has 13 heteroatoms. The number of ether oxygens (including phenoxy) is 1. The molecule has 0 saturated heterocycles. The van der Waals surface area contributed by atoms with Crippen LogP contribution in [-0.4, -0.2) is 55.8 Å². The number of nitriles is 1. The van der Waals surface area contributed by atoms with Crippen LogP contribution < -0.4 is 16.0 Å². The molecule has 2 aromatic heterocycles. The van der Waals surface area contributed by atoms with Gasteiger partial charge >= 0.3 is 6.09 Å². The Hall–Kier alpha value is -5.51. The summed E-state index contributed by atoms with van der Waals surface area (Å²) in [5.41, 5.74) is 5.30. The van der Waals surface area contributed by atoms with Crippen molar-refractivity contribution in [2.75, 3.05) is 24.3 Å². The minimum absolute atomic E-state index is 0.210. The van der Waals surface area contributed by atoms with Gasteiger partial charge in [0.05, 0.1) is 24.5 Å². The molecule has 1 aliphatic heterocycles. The van der Waals surface area contributed by atoms with Crippen molar-refractivity contribution < 1.29 is 14.3 Å². The predicted octanol–water partition coefficient (Wildman–Crippen LogP) is 4.27. The van der Waals surface area contributed by atoms with E-state index in [4.69, 9.17) is 4.74 Å². The van der Waals surface area contributed by atoms with Crippen LogP contribution in [0.2, 0.25) is 0 Å². The van der Waals surface area contributed by atoms with Crippen LogP contribution in [0.25, 0.3) is 23.0 Å². The molecule has 0 fully saturated rings. The fourth-order valence-electron chi connectivity index (χ4n) is 4.81. The van der Waals surface area contributed by atoms with Crippen LogP contribution in [0.5, 0.6) is 0 Å². The smallest absolute Gasteiger partial charge is 0.411 e. The van der Waals surface area contributed by atoms with Crippen molar-refractivity contribution in [1.82, 2.24) is 35.5 Å². The van der Waals surface area contributed by atoms with Gasteiger partial charge in [-0.15, -0.1) is 5.10 Å².